The number of hydrogen-bond acceptors (Lipinski definition) is 22. The quantitative estimate of drug-likeness (QED) is 0.0369. The molecule has 6 aliphatic rings. The molecule has 11 bridgehead atoms. The van der Waals surface area contributed by atoms with Crippen LogP contribution in [0, 0.1) is 5.92 Å². The SMILES string of the molecule is CN[C@H](CC(C)C)C(=O)N[C@H]1C(=O)N[C@@H](CC(N)=O)C(=O)N[C@H]2C(=O)N[C@H]3C(=O)N[C@H](C(=O)N[C@H](C(=O)O)c4cc(O)cc(O)c4-c4cc3ccc4O)[C@H](O)c3ccc(c(Cl)c3)Oc3cc2cc(c3OCCN(OC)[C@@H]2OCCCC2OC(=O)c2ccc(-c3ccccc3)cc2)Oc2ccc(cc2Cl)[C@H]1O. The number of esters is 1. The molecular formula is C74H75Cl2N9O21. The van der Waals surface area contributed by atoms with Crippen LogP contribution >= 0.6 is 23.2 Å². The highest BCUT2D eigenvalue weighted by Gasteiger charge is 2.43. The van der Waals surface area contributed by atoms with E-state index >= 15 is 14.4 Å². The van der Waals surface area contributed by atoms with E-state index in [0.717, 1.165) is 47.5 Å². The molecule has 1 unspecified atom stereocenters. The highest BCUT2D eigenvalue weighted by Crippen LogP contribution is 2.49. The molecule has 0 aromatic heterocycles. The topological polar surface area (TPSA) is 444 Å². The number of hydroxylamine groups is 2. The van der Waals surface area contributed by atoms with Gasteiger partial charge < -0.3 is 97.3 Å². The Morgan fingerprint density at radius 3 is 1.92 bits per heavy atom. The Kier molecular flexibility index (Phi) is 23.6. The molecule has 7 aromatic rings. The molecule has 0 aliphatic carbocycles. The first-order chi connectivity index (χ1) is 50.7. The fraction of sp³-hybridized carbons (Fsp3) is 0.311. The lowest BCUT2D eigenvalue weighted by Crippen LogP contribution is -2.59. The third-order valence-corrected chi connectivity index (χ3v) is 18.7. The zero-order valence-electron chi connectivity index (χ0n) is 57.2. The molecule has 30 nitrogen and oxygen atoms in total. The lowest BCUT2D eigenvalue weighted by atomic mass is 9.89. The van der Waals surface area contributed by atoms with Crippen LogP contribution in [-0.2, 0) is 52.7 Å². The van der Waals surface area contributed by atoms with Crippen LogP contribution < -0.4 is 57.2 Å². The Morgan fingerprint density at radius 2 is 1.30 bits per heavy atom. The van der Waals surface area contributed by atoms with Gasteiger partial charge in [0.1, 0.15) is 83.9 Å². The van der Waals surface area contributed by atoms with Crippen LogP contribution in [0.1, 0.15) is 108 Å². The van der Waals surface area contributed by atoms with Crippen molar-refractivity contribution in [3.63, 3.8) is 0 Å². The van der Waals surface area contributed by atoms with Crippen LogP contribution in [0.2, 0.25) is 10.0 Å². The van der Waals surface area contributed by atoms with Crippen molar-refractivity contribution in [1.82, 2.24) is 42.3 Å². The minimum atomic E-state index is -2.24. The number of amides is 7. The van der Waals surface area contributed by atoms with Crippen molar-refractivity contribution in [3.8, 4) is 68.2 Å². The molecular weight excluding hydrogens is 1420 g/mol. The number of likely N-dealkylation sites (N-methyl/N-ethyl adjacent to an activating group) is 1. The molecule has 7 amide bonds. The van der Waals surface area contributed by atoms with Crippen molar-refractivity contribution in [3.05, 3.63) is 177 Å². The number of carbonyl (C=O) groups excluding carboxylic acids is 8. The Morgan fingerprint density at radius 1 is 0.679 bits per heavy atom. The number of aliphatic hydroxyl groups is 2. The van der Waals surface area contributed by atoms with Crippen molar-refractivity contribution in [2.45, 2.75) is 106 Å². The van der Waals surface area contributed by atoms with Gasteiger partial charge in [-0.2, -0.15) is 5.06 Å². The maximum atomic E-state index is 16.0. The van der Waals surface area contributed by atoms with E-state index in [1.165, 1.54) is 61.7 Å². The highest BCUT2D eigenvalue weighted by molar-refractivity contribution is 6.32. The number of rotatable bonds is 17. The Hall–Kier alpha value is -11.1. The summed E-state index contributed by atoms with van der Waals surface area (Å²) >= 11 is 14.2. The van der Waals surface area contributed by atoms with E-state index in [1.807, 2.05) is 44.2 Å². The van der Waals surface area contributed by atoms with Gasteiger partial charge in [0.05, 0.1) is 41.7 Å². The smallest absolute Gasteiger partial charge is 0.338 e. The number of nitrogens with zero attached hydrogens (tertiary/aromatic N) is 1. The third kappa shape index (κ3) is 17.0. The normalized spacial score (nSPS) is 22.0. The lowest BCUT2D eigenvalue weighted by molar-refractivity contribution is -0.275. The molecule has 0 saturated carbocycles. The maximum Gasteiger partial charge on any atom is 0.338 e. The van der Waals surface area contributed by atoms with E-state index in [1.54, 1.807) is 24.3 Å². The van der Waals surface area contributed by atoms with E-state index in [-0.39, 0.29) is 86.4 Å². The van der Waals surface area contributed by atoms with E-state index in [4.69, 9.17) is 57.5 Å². The molecule has 1 saturated heterocycles. The number of hydrogen-bond donors (Lipinski definition) is 14. The van der Waals surface area contributed by atoms with Gasteiger partial charge in [-0.3, -0.25) is 38.4 Å². The minimum absolute atomic E-state index is 0.0677. The number of ether oxygens (including phenoxy) is 5. The minimum Gasteiger partial charge on any atom is -0.508 e. The second-order valence-electron chi connectivity index (χ2n) is 25.8. The van der Waals surface area contributed by atoms with Gasteiger partial charge in [-0.15, -0.1) is 0 Å². The van der Waals surface area contributed by atoms with Gasteiger partial charge in [0.25, 0.3) is 0 Å². The van der Waals surface area contributed by atoms with Gasteiger partial charge in [0.15, 0.2) is 23.8 Å². The van der Waals surface area contributed by atoms with Gasteiger partial charge in [-0.1, -0.05) is 97.7 Å². The molecule has 11 atom stereocenters. The summed E-state index contributed by atoms with van der Waals surface area (Å²) in [4.78, 5) is 137. The number of aliphatic hydroxyl groups excluding tert-OH is 2. The van der Waals surface area contributed by atoms with Crippen LogP contribution in [0.4, 0.5) is 0 Å². The molecule has 13 rings (SSSR count). The monoisotopic (exact) mass is 1500 g/mol. The summed E-state index contributed by atoms with van der Waals surface area (Å²) in [5.41, 5.74) is 5.45. The molecule has 6 heterocycles. The number of carboxylic acids is 1. The van der Waals surface area contributed by atoms with Crippen LogP contribution in [0.3, 0.4) is 0 Å². The number of phenols is 3. The van der Waals surface area contributed by atoms with Crippen LogP contribution in [0.25, 0.3) is 22.3 Å². The number of halogens is 2. The van der Waals surface area contributed by atoms with Crippen molar-refractivity contribution in [1.29, 1.82) is 0 Å². The average molecular weight is 1500 g/mol. The summed E-state index contributed by atoms with van der Waals surface area (Å²) in [6.45, 7) is 3.32. The van der Waals surface area contributed by atoms with Gasteiger partial charge in [0.2, 0.25) is 47.1 Å². The molecule has 6 aliphatic heterocycles. The fourth-order valence-corrected chi connectivity index (χ4v) is 13.2. The molecule has 0 radical (unpaired) electrons. The second-order valence-corrected chi connectivity index (χ2v) is 26.6. The average Bonchev–Trinajstić information content (AvgIpc) is 0.764. The van der Waals surface area contributed by atoms with Crippen molar-refractivity contribution in [2.75, 3.05) is 33.9 Å². The second kappa shape index (κ2) is 32.9. The van der Waals surface area contributed by atoms with E-state index < -0.39 is 173 Å². The van der Waals surface area contributed by atoms with Crippen LogP contribution in [0.15, 0.2) is 133 Å². The first-order valence-corrected chi connectivity index (χ1v) is 34.2. The maximum absolute atomic E-state index is 16.0. The predicted octanol–water partition coefficient (Wildman–Crippen LogP) is 5.96. The summed E-state index contributed by atoms with van der Waals surface area (Å²) in [5, 5.41) is 87.6. The molecule has 15 N–H and O–H groups in total. The van der Waals surface area contributed by atoms with Gasteiger partial charge >= 0.3 is 11.9 Å². The predicted molar refractivity (Wildman–Crippen MR) is 378 cm³/mol. The third-order valence-electron chi connectivity index (χ3n) is 18.1. The zero-order chi connectivity index (χ0) is 75.9. The number of carbonyl (C=O) groups is 9. The highest BCUT2D eigenvalue weighted by atomic mass is 35.5. The first-order valence-electron chi connectivity index (χ1n) is 33.5. The zero-order valence-corrected chi connectivity index (χ0v) is 58.7. The summed E-state index contributed by atoms with van der Waals surface area (Å²) in [7, 11) is 2.85. The van der Waals surface area contributed by atoms with Gasteiger partial charge in [-0.05, 0) is 132 Å². The largest absolute Gasteiger partial charge is 0.508 e. The standard InChI is InChI=1S/C74H75Cl2N9O21/c1-34(2)25-47(78-3)66(92)83-61-63(90)39-17-20-51(45(75)27-39)104-54-29-41-30-55(65(54)102-24-22-85(101-4)72-53(11-8-23-103-72)106-74(100)37-14-12-36(13-15-37)35-9-6-5-7-10-35)105-52-21-18-40(28-46(52)76)64(91)62-71(97)82-60(73(98)99)44-31-42(86)32-50(88)57(44)43-26-38(16-19-49(43)87)58(68(94)84-62)81-69(95)59(41)80-67(93)48(33-56(77)89)79-70(61)96/h5-7,9-10,12-21,26-32,34,47-48,53,58-64,72,78,86-88,90-91H,8,11,22-25,33H2,1-4H3,(H2,77,89)(H,79,96)(H,80,93)(H,81,95)(H,82,97)(H,83,92)(H,84,94)(H,98,99)/t47-,48+,53?,58-,59-,60+,61-,62+,63-,64-,72-/m1/s1. The van der Waals surface area contributed by atoms with Crippen LogP contribution in [0.5, 0.6) is 46.0 Å². The number of aromatic hydroxyl groups is 3. The van der Waals surface area contributed by atoms with E-state index in [2.05, 4.69) is 37.2 Å². The van der Waals surface area contributed by atoms with Crippen molar-refractivity contribution >= 4 is 76.5 Å². The summed E-state index contributed by atoms with van der Waals surface area (Å²) in [6.07, 6.45) is -6.02. The summed E-state index contributed by atoms with van der Waals surface area (Å²) in [5.74, 6) is -15.0. The Balaban J connectivity index is 1.07. The molecule has 0 spiro atoms. The van der Waals surface area contributed by atoms with Crippen LogP contribution in [-0.4, -0.2) is 159 Å². The lowest BCUT2D eigenvalue weighted by Gasteiger charge is -2.37. The molecule has 556 valence electrons. The Labute approximate surface area is 615 Å². The fourth-order valence-electron chi connectivity index (χ4n) is 12.8. The van der Waals surface area contributed by atoms with Crippen molar-refractivity contribution in [2.24, 2.45) is 11.7 Å². The summed E-state index contributed by atoms with van der Waals surface area (Å²) in [6, 6.07) is 17.2. The number of carboxylic acid groups (broad SMARTS) is 1. The van der Waals surface area contributed by atoms with E-state index in [0.29, 0.717) is 12.8 Å². The molecule has 7 aromatic carbocycles. The van der Waals surface area contributed by atoms with Crippen molar-refractivity contribution < 1.29 is 102 Å². The number of aliphatic carboxylic acids is 1. The van der Waals surface area contributed by atoms with Gasteiger partial charge in [-0.25, -0.2) is 9.59 Å². The number of nitrogens with two attached hydrogens (primary N) is 1. The number of phenolic OH excluding ortho intramolecular Hbond substituents is 3. The Bertz CT molecular complexity index is 4550. The number of nitrogens with one attached hydrogen (secondary N) is 7. The van der Waals surface area contributed by atoms with E-state index in [9.17, 15) is 59.4 Å². The summed E-state index contributed by atoms with van der Waals surface area (Å²) < 4.78 is 32.3. The number of benzene rings is 7. The molecule has 32 heteroatoms. The van der Waals surface area contributed by atoms with Gasteiger partial charge in [0, 0.05) is 29.4 Å². The molecule has 1 fully saturated rings. The molecule has 106 heavy (non-hydrogen) atoms. The number of primary amides is 1. The number of fused-ring (bicyclic) bond motifs is 15. The first kappa shape index (κ1) is 76.1.